The zero-order chi connectivity index (χ0) is 22.5. The van der Waals surface area contributed by atoms with Gasteiger partial charge >= 0.3 is 6.36 Å². The van der Waals surface area contributed by atoms with Crippen molar-refractivity contribution in [3.8, 4) is 5.75 Å². The van der Waals surface area contributed by atoms with Crippen molar-refractivity contribution in [3.63, 3.8) is 0 Å². The van der Waals surface area contributed by atoms with E-state index in [1.165, 1.54) is 35.4 Å². The highest BCUT2D eigenvalue weighted by molar-refractivity contribution is 7.12. The second-order valence-corrected chi connectivity index (χ2v) is 8.08. The number of rotatable bonds is 8. The number of benzene rings is 1. The first-order chi connectivity index (χ1) is 13.9. The Balaban J connectivity index is 1.81. The Hall–Kier alpha value is -2.88. The maximum absolute atomic E-state index is 12.3. The van der Waals surface area contributed by atoms with Crippen LogP contribution in [0.3, 0.4) is 0 Å². The lowest BCUT2D eigenvalue weighted by molar-refractivity contribution is -0.274. The fourth-order valence-electron chi connectivity index (χ4n) is 2.70. The molecule has 1 aromatic carbocycles. The molecule has 0 aliphatic heterocycles. The van der Waals surface area contributed by atoms with Crippen molar-refractivity contribution < 1.29 is 32.3 Å². The van der Waals surface area contributed by atoms with Gasteiger partial charge in [-0.1, -0.05) is 0 Å². The summed E-state index contributed by atoms with van der Waals surface area (Å²) < 4.78 is 40.2. The van der Waals surface area contributed by atoms with Gasteiger partial charge in [0.05, 0.1) is 6.54 Å². The summed E-state index contributed by atoms with van der Waals surface area (Å²) in [6.07, 6.45) is -4.78. The van der Waals surface area contributed by atoms with E-state index >= 15 is 0 Å². The van der Waals surface area contributed by atoms with E-state index in [-0.39, 0.29) is 36.8 Å². The highest BCUT2D eigenvalue weighted by Gasteiger charge is 2.31. The molecular formula is C20H21F3N2O4S. The average molecular weight is 442 g/mol. The van der Waals surface area contributed by atoms with Crippen molar-refractivity contribution in [2.24, 2.45) is 0 Å². The van der Waals surface area contributed by atoms with Crippen LogP contribution in [0.25, 0.3) is 0 Å². The number of anilines is 1. The van der Waals surface area contributed by atoms with Crippen molar-refractivity contribution in [3.05, 3.63) is 45.6 Å². The fraction of sp³-hybridized carbons (Fsp3) is 0.350. The van der Waals surface area contributed by atoms with Gasteiger partial charge in [-0.05, 0) is 44.2 Å². The number of carbonyl (C=O) groups excluding carboxylic acids is 3. The van der Waals surface area contributed by atoms with Crippen molar-refractivity contribution >= 4 is 34.6 Å². The third-order valence-corrected chi connectivity index (χ3v) is 5.05. The van der Waals surface area contributed by atoms with E-state index in [1.54, 1.807) is 6.07 Å². The Morgan fingerprint density at radius 3 is 2.27 bits per heavy atom. The quantitative estimate of drug-likeness (QED) is 0.618. The molecule has 10 heteroatoms. The Kier molecular flexibility index (Phi) is 7.60. The maximum Gasteiger partial charge on any atom is 0.573 e. The second-order valence-electron chi connectivity index (χ2n) is 6.62. The first-order valence-corrected chi connectivity index (χ1v) is 9.76. The predicted molar refractivity (Wildman–Crippen MR) is 107 cm³/mol. The van der Waals surface area contributed by atoms with E-state index < -0.39 is 18.0 Å². The first-order valence-electron chi connectivity index (χ1n) is 8.94. The molecule has 1 heterocycles. The molecular weight excluding hydrogens is 421 g/mol. The lowest BCUT2D eigenvalue weighted by atomic mass is 10.1. The van der Waals surface area contributed by atoms with Crippen LogP contribution in [-0.2, 0) is 9.59 Å². The number of alkyl halides is 3. The molecule has 162 valence electrons. The van der Waals surface area contributed by atoms with Gasteiger partial charge in [0.25, 0.3) is 0 Å². The molecule has 2 aromatic rings. The topological polar surface area (TPSA) is 75.7 Å². The number of amides is 2. The molecule has 1 N–H and O–H groups in total. The molecule has 0 bridgehead atoms. The van der Waals surface area contributed by atoms with Crippen molar-refractivity contribution in [2.45, 2.75) is 33.1 Å². The number of nitrogens with zero attached hydrogens (tertiary/aromatic N) is 1. The van der Waals surface area contributed by atoms with Gasteiger partial charge in [-0.3, -0.25) is 14.4 Å². The Labute approximate surface area is 175 Å². The van der Waals surface area contributed by atoms with Crippen molar-refractivity contribution in [1.29, 1.82) is 0 Å². The van der Waals surface area contributed by atoms with Crippen LogP contribution in [0, 0.1) is 13.8 Å². The third kappa shape index (κ3) is 7.18. The zero-order valence-electron chi connectivity index (χ0n) is 16.6. The third-order valence-electron chi connectivity index (χ3n) is 4.09. The van der Waals surface area contributed by atoms with Crippen LogP contribution in [0.15, 0.2) is 30.3 Å². The second kappa shape index (κ2) is 9.75. The molecule has 0 saturated heterocycles. The number of aryl methyl sites for hydroxylation is 2. The molecule has 2 amide bonds. The minimum absolute atomic E-state index is 0.0274. The summed E-state index contributed by atoms with van der Waals surface area (Å²) in [4.78, 5) is 39.7. The van der Waals surface area contributed by atoms with Crippen molar-refractivity contribution in [1.82, 2.24) is 4.90 Å². The van der Waals surface area contributed by atoms with Gasteiger partial charge in [0.2, 0.25) is 11.8 Å². The van der Waals surface area contributed by atoms with Crippen LogP contribution in [-0.4, -0.2) is 42.5 Å². The number of halogens is 3. The van der Waals surface area contributed by atoms with Gasteiger partial charge in [-0.2, -0.15) is 0 Å². The van der Waals surface area contributed by atoms with E-state index in [0.717, 1.165) is 21.9 Å². The van der Waals surface area contributed by atoms with Crippen LogP contribution < -0.4 is 10.1 Å². The summed E-state index contributed by atoms with van der Waals surface area (Å²) in [6.45, 7) is 3.50. The van der Waals surface area contributed by atoms with Gasteiger partial charge in [0, 0.05) is 40.9 Å². The molecule has 0 atom stereocenters. The number of ketones is 1. The molecule has 0 aliphatic carbocycles. The number of carbonyl (C=O) groups is 3. The summed E-state index contributed by atoms with van der Waals surface area (Å²) in [7, 11) is 1.44. The Bertz CT molecular complexity index is 923. The first kappa shape index (κ1) is 23.4. The average Bonchev–Trinajstić information content (AvgIpc) is 2.98. The SMILES string of the molecule is Cc1cc(C(=O)CCC(=O)N(C)CC(=O)Nc2ccc(OC(F)(F)F)cc2)c(C)s1. The fourth-order valence-corrected chi connectivity index (χ4v) is 3.64. The number of thiophene rings is 1. The molecule has 0 spiro atoms. The summed E-state index contributed by atoms with van der Waals surface area (Å²) in [5, 5.41) is 2.48. The standard InChI is InChI=1S/C20H21F3N2O4S/c1-12-10-16(13(2)30-12)17(26)8-9-19(28)25(3)11-18(27)24-14-4-6-15(7-5-14)29-20(21,22)23/h4-7,10H,8-9,11H2,1-3H3,(H,24,27). The van der Waals surface area contributed by atoms with Crippen LogP contribution in [0.4, 0.5) is 18.9 Å². The van der Waals surface area contributed by atoms with Gasteiger partial charge in [-0.25, -0.2) is 0 Å². The molecule has 1 aromatic heterocycles. The Morgan fingerprint density at radius 2 is 1.73 bits per heavy atom. The highest BCUT2D eigenvalue weighted by atomic mass is 32.1. The largest absolute Gasteiger partial charge is 0.573 e. The van der Waals surface area contributed by atoms with Gasteiger partial charge < -0.3 is 15.0 Å². The number of hydrogen-bond donors (Lipinski definition) is 1. The summed E-state index contributed by atoms with van der Waals surface area (Å²) >= 11 is 1.52. The van der Waals surface area contributed by atoms with E-state index in [0.29, 0.717) is 5.56 Å². The maximum atomic E-state index is 12.3. The Morgan fingerprint density at radius 1 is 1.10 bits per heavy atom. The van der Waals surface area contributed by atoms with Crippen molar-refractivity contribution in [2.75, 3.05) is 18.9 Å². The highest BCUT2D eigenvalue weighted by Crippen LogP contribution is 2.24. The summed E-state index contributed by atoms with van der Waals surface area (Å²) in [5.74, 6) is -1.42. The molecule has 0 aliphatic rings. The molecule has 0 radical (unpaired) electrons. The lowest BCUT2D eigenvalue weighted by Gasteiger charge is -2.17. The van der Waals surface area contributed by atoms with E-state index in [4.69, 9.17) is 0 Å². The molecule has 0 saturated carbocycles. The molecule has 0 fully saturated rings. The molecule has 6 nitrogen and oxygen atoms in total. The van der Waals surface area contributed by atoms with Gasteiger partial charge in [0.1, 0.15) is 5.75 Å². The van der Waals surface area contributed by atoms with Gasteiger partial charge in [-0.15, -0.1) is 24.5 Å². The minimum Gasteiger partial charge on any atom is -0.406 e. The smallest absolute Gasteiger partial charge is 0.406 e. The summed E-state index contributed by atoms with van der Waals surface area (Å²) in [5.41, 5.74) is 0.873. The van der Waals surface area contributed by atoms with E-state index in [2.05, 4.69) is 10.1 Å². The minimum atomic E-state index is -4.80. The number of Topliss-reactive ketones (excluding diaryl/α,β-unsaturated/α-hetero) is 1. The van der Waals surface area contributed by atoms with Crippen LogP contribution >= 0.6 is 11.3 Å². The van der Waals surface area contributed by atoms with E-state index in [9.17, 15) is 27.6 Å². The number of ether oxygens (including phenoxy) is 1. The summed E-state index contributed by atoms with van der Waals surface area (Å²) in [6, 6.07) is 6.44. The van der Waals surface area contributed by atoms with Crippen LogP contribution in [0.2, 0.25) is 0 Å². The van der Waals surface area contributed by atoms with Crippen LogP contribution in [0.1, 0.15) is 33.0 Å². The monoisotopic (exact) mass is 442 g/mol. The zero-order valence-corrected chi connectivity index (χ0v) is 17.4. The molecule has 30 heavy (non-hydrogen) atoms. The van der Waals surface area contributed by atoms with Gasteiger partial charge in [0.15, 0.2) is 5.78 Å². The molecule has 2 rings (SSSR count). The number of nitrogens with one attached hydrogen (secondary N) is 1. The molecule has 0 unspecified atom stereocenters. The lowest BCUT2D eigenvalue weighted by Crippen LogP contribution is -2.35. The predicted octanol–water partition coefficient (Wildman–Crippen LogP) is 4.32. The van der Waals surface area contributed by atoms with Crippen LogP contribution in [0.5, 0.6) is 5.75 Å². The normalized spacial score (nSPS) is 11.1. The number of likely N-dealkylation sites (N-methyl/N-ethyl adjacent to an activating group) is 1. The van der Waals surface area contributed by atoms with E-state index in [1.807, 2.05) is 13.8 Å². The number of hydrogen-bond acceptors (Lipinski definition) is 5.